The van der Waals surface area contributed by atoms with Gasteiger partial charge in [-0.15, -0.1) is 0 Å². The first-order valence-corrected chi connectivity index (χ1v) is 6.57. The fourth-order valence-corrected chi connectivity index (χ4v) is 2.55. The van der Waals surface area contributed by atoms with E-state index in [1.165, 1.54) is 12.1 Å². The van der Waals surface area contributed by atoms with Crippen molar-refractivity contribution in [3.8, 4) is 0 Å². The lowest BCUT2D eigenvalue weighted by atomic mass is 10.1. The van der Waals surface area contributed by atoms with E-state index in [4.69, 9.17) is 5.73 Å². The van der Waals surface area contributed by atoms with Gasteiger partial charge in [-0.1, -0.05) is 36.4 Å². The van der Waals surface area contributed by atoms with Crippen molar-refractivity contribution in [3.05, 3.63) is 65.5 Å². The van der Waals surface area contributed by atoms with Crippen LogP contribution in [0.4, 0.5) is 10.1 Å². The molecular formula is C16H15FN2O. The van der Waals surface area contributed by atoms with Gasteiger partial charge in [-0.25, -0.2) is 4.39 Å². The lowest BCUT2D eigenvalue weighted by Gasteiger charge is -2.21. The molecule has 3 nitrogen and oxygen atoms in total. The van der Waals surface area contributed by atoms with E-state index < -0.39 is 6.04 Å². The molecule has 0 aromatic heterocycles. The van der Waals surface area contributed by atoms with Gasteiger partial charge in [0, 0.05) is 12.2 Å². The van der Waals surface area contributed by atoms with Crippen LogP contribution in [-0.4, -0.2) is 12.5 Å². The molecule has 0 saturated heterocycles. The van der Waals surface area contributed by atoms with E-state index in [0.717, 1.165) is 17.5 Å². The molecule has 0 bridgehead atoms. The molecule has 0 aliphatic carbocycles. The maximum absolute atomic E-state index is 13.4. The Morgan fingerprint density at radius 1 is 1.20 bits per heavy atom. The molecule has 1 atom stereocenters. The monoisotopic (exact) mass is 270 g/mol. The van der Waals surface area contributed by atoms with Crippen LogP contribution in [0.5, 0.6) is 0 Å². The third-order valence-corrected chi connectivity index (χ3v) is 3.63. The molecule has 1 amide bonds. The van der Waals surface area contributed by atoms with Crippen LogP contribution in [-0.2, 0) is 11.2 Å². The molecule has 20 heavy (non-hydrogen) atoms. The minimum Gasteiger partial charge on any atom is -0.316 e. The number of halogens is 1. The Morgan fingerprint density at radius 3 is 2.70 bits per heavy atom. The maximum Gasteiger partial charge on any atom is 0.248 e. The van der Waals surface area contributed by atoms with Crippen LogP contribution < -0.4 is 10.6 Å². The quantitative estimate of drug-likeness (QED) is 0.911. The number of hydrogen-bond acceptors (Lipinski definition) is 2. The number of fused-ring (bicyclic) bond motifs is 1. The number of hydrogen-bond donors (Lipinski definition) is 1. The number of anilines is 1. The zero-order valence-electron chi connectivity index (χ0n) is 10.9. The van der Waals surface area contributed by atoms with Gasteiger partial charge in [-0.05, 0) is 29.7 Å². The van der Waals surface area contributed by atoms with E-state index in [-0.39, 0.29) is 11.7 Å². The summed E-state index contributed by atoms with van der Waals surface area (Å²) in [5.41, 5.74) is 8.42. The summed E-state index contributed by atoms with van der Waals surface area (Å²) in [6.45, 7) is 0.554. The largest absolute Gasteiger partial charge is 0.316 e. The molecule has 2 N–H and O–H groups in total. The molecule has 1 aliphatic heterocycles. The number of amides is 1. The maximum atomic E-state index is 13.4. The average molecular weight is 270 g/mol. The van der Waals surface area contributed by atoms with Gasteiger partial charge in [0.1, 0.15) is 11.9 Å². The van der Waals surface area contributed by atoms with E-state index in [2.05, 4.69) is 0 Å². The highest BCUT2D eigenvalue weighted by atomic mass is 19.1. The third-order valence-electron chi connectivity index (χ3n) is 3.63. The second-order valence-electron chi connectivity index (χ2n) is 4.90. The van der Waals surface area contributed by atoms with Crippen molar-refractivity contribution in [1.29, 1.82) is 0 Å². The Bertz CT molecular complexity index is 642. The van der Waals surface area contributed by atoms with Crippen LogP contribution >= 0.6 is 0 Å². The highest BCUT2D eigenvalue weighted by Crippen LogP contribution is 2.30. The molecule has 102 valence electrons. The topological polar surface area (TPSA) is 46.3 Å². The highest BCUT2D eigenvalue weighted by Gasteiger charge is 2.29. The van der Waals surface area contributed by atoms with Crippen LogP contribution in [0.15, 0.2) is 48.5 Å². The van der Waals surface area contributed by atoms with Crippen molar-refractivity contribution < 1.29 is 9.18 Å². The molecule has 2 aromatic carbocycles. The second-order valence-corrected chi connectivity index (χ2v) is 4.90. The second kappa shape index (κ2) is 5.06. The van der Waals surface area contributed by atoms with E-state index >= 15 is 0 Å². The normalized spacial score (nSPS) is 15.0. The number of rotatable bonds is 2. The summed E-state index contributed by atoms with van der Waals surface area (Å²) in [6.07, 6.45) is 0.739. The summed E-state index contributed by atoms with van der Waals surface area (Å²) >= 11 is 0. The SMILES string of the molecule is NC(C(=O)N1CCc2ccc(F)cc21)c1ccccc1. The van der Waals surface area contributed by atoms with Gasteiger partial charge in [0.15, 0.2) is 0 Å². The molecule has 0 spiro atoms. The van der Waals surface area contributed by atoms with Crippen molar-refractivity contribution in [1.82, 2.24) is 0 Å². The predicted octanol–water partition coefficient (Wildman–Crippen LogP) is 2.41. The van der Waals surface area contributed by atoms with Crippen molar-refractivity contribution in [3.63, 3.8) is 0 Å². The molecule has 0 saturated carbocycles. The van der Waals surface area contributed by atoms with Gasteiger partial charge in [0.25, 0.3) is 0 Å². The smallest absolute Gasteiger partial charge is 0.248 e. The first-order chi connectivity index (χ1) is 9.66. The number of nitrogens with two attached hydrogens (primary N) is 1. The Labute approximate surface area is 116 Å². The summed E-state index contributed by atoms with van der Waals surface area (Å²) in [4.78, 5) is 14.1. The number of benzene rings is 2. The zero-order valence-corrected chi connectivity index (χ0v) is 10.9. The van der Waals surface area contributed by atoms with E-state index in [0.29, 0.717) is 12.2 Å². The number of nitrogens with zero attached hydrogens (tertiary/aromatic N) is 1. The Kier molecular flexibility index (Phi) is 3.24. The van der Waals surface area contributed by atoms with Crippen molar-refractivity contribution >= 4 is 11.6 Å². The fourth-order valence-electron chi connectivity index (χ4n) is 2.55. The van der Waals surface area contributed by atoms with Gasteiger partial charge >= 0.3 is 0 Å². The van der Waals surface area contributed by atoms with Crippen LogP contribution in [0.25, 0.3) is 0 Å². The van der Waals surface area contributed by atoms with E-state index in [9.17, 15) is 9.18 Å². The number of carbonyl (C=O) groups is 1. The molecule has 1 heterocycles. The summed E-state index contributed by atoms with van der Waals surface area (Å²) < 4.78 is 13.4. The van der Waals surface area contributed by atoms with Crippen molar-refractivity contribution in [2.75, 3.05) is 11.4 Å². The third kappa shape index (κ3) is 2.18. The summed E-state index contributed by atoms with van der Waals surface area (Å²) in [5.74, 6) is -0.530. The van der Waals surface area contributed by atoms with Gasteiger partial charge in [0.05, 0.1) is 0 Å². The predicted molar refractivity (Wildman–Crippen MR) is 75.8 cm³/mol. The summed E-state index contributed by atoms with van der Waals surface area (Å²) in [7, 11) is 0. The van der Waals surface area contributed by atoms with Crippen LogP contribution in [0.3, 0.4) is 0 Å². The molecule has 1 unspecified atom stereocenters. The fraction of sp³-hybridized carbons (Fsp3) is 0.188. The average Bonchev–Trinajstić information content (AvgIpc) is 2.89. The van der Waals surface area contributed by atoms with Crippen LogP contribution in [0.1, 0.15) is 17.2 Å². The molecular weight excluding hydrogens is 255 g/mol. The lowest BCUT2D eigenvalue weighted by Crippen LogP contribution is -2.37. The molecule has 0 radical (unpaired) electrons. The highest BCUT2D eigenvalue weighted by molar-refractivity contribution is 5.99. The van der Waals surface area contributed by atoms with Gasteiger partial charge < -0.3 is 10.6 Å². The minimum atomic E-state index is -0.717. The first kappa shape index (κ1) is 12.8. The molecule has 4 heteroatoms. The first-order valence-electron chi connectivity index (χ1n) is 6.57. The van der Waals surface area contributed by atoms with Crippen LogP contribution in [0, 0.1) is 5.82 Å². The molecule has 3 rings (SSSR count). The Morgan fingerprint density at radius 2 is 1.95 bits per heavy atom. The Balaban J connectivity index is 1.88. The van der Waals surface area contributed by atoms with Gasteiger partial charge in [0.2, 0.25) is 5.91 Å². The summed E-state index contributed by atoms with van der Waals surface area (Å²) in [6, 6.07) is 13.1. The standard InChI is InChI=1S/C16H15FN2O/c17-13-7-6-11-8-9-19(14(11)10-13)16(20)15(18)12-4-2-1-3-5-12/h1-7,10,15H,8-9,18H2. The van der Waals surface area contributed by atoms with Gasteiger partial charge in [-0.3, -0.25) is 4.79 Å². The zero-order chi connectivity index (χ0) is 14.1. The summed E-state index contributed by atoms with van der Waals surface area (Å²) in [5, 5.41) is 0. The molecule has 2 aromatic rings. The minimum absolute atomic E-state index is 0.194. The lowest BCUT2D eigenvalue weighted by molar-refractivity contribution is -0.119. The Hall–Kier alpha value is -2.20. The van der Waals surface area contributed by atoms with E-state index in [1.54, 1.807) is 11.0 Å². The van der Waals surface area contributed by atoms with Crippen LogP contribution in [0.2, 0.25) is 0 Å². The number of carbonyl (C=O) groups excluding carboxylic acids is 1. The van der Waals surface area contributed by atoms with Crippen molar-refractivity contribution in [2.45, 2.75) is 12.5 Å². The van der Waals surface area contributed by atoms with Crippen molar-refractivity contribution in [2.24, 2.45) is 5.73 Å². The van der Waals surface area contributed by atoms with E-state index in [1.807, 2.05) is 30.3 Å². The van der Waals surface area contributed by atoms with Gasteiger partial charge in [-0.2, -0.15) is 0 Å². The molecule has 1 aliphatic rings. The molecule has 0 fully saturated rings.